The molecule has 0 aromatic carbocycles. The molecule has 1 N–H and O–H groups in total. The van der Waals surface area contributed by atoms with Gasteiger partial charge in [0.25, 0.3) is 0 Å². The summed E-state index contributed by atoms with van der Waals surface area (Å²) in [7, 11) is -2.27. The van der Waals surface area contributed by atoms with Crippen molar-refractivity contribution in [3.05, 3.63) is 24.5 Å². The number of hydrogen-bond acceptors (Lipinski definition) is 6. The first-order valence-electron chi connectivity index (χ1n) is 10.1. The number of piperidine rings is 1. The Bertz CT molecular complexity index is 827. The van der Waals surface area contributed by atoms with E-state index in [2.05, 4.69) is 17.2 Å². The molecule has 8 nitrogen and oxygen atoms in total. The van der Waals surface area contributed by atoms with Crippen LogP contribution in [0.2, 0.25) is 0 Å². The first-order chi connectivity index (χ1) is 13.8. The van der Waals surface area contributed by atoms with E-state index in [-0.39, 0.29) is 29.8 Å². The molecular formula is C20H29N3O5S. The molecule has 0 radical (unpaired) electrons. The van der Waals surface area contributed by atoms with Crippen molar-refractivity contribution in [1.82, 2.24) is 14.6 Å². The third-order valence-electron chi connectivity index (χ3n) is 6.16. The third-order valence-corrected chi connectivity index (χ3v) is 8.05. The summed E-state index contributed by atoms with van der Waals surface area (Å²) in [5, 5.41) is 2.97. The van der Waals surface area contributed by atoms with Gasteiger partial charge in [-0.1, -0.05) is 6.92 Å². The zero-order valence-corrected chi connectivity index (χ0v) is 17.8. The van der Waals surface area contributed by atoms with Crippen molar-refractivity contribution in [3.63, 3.8) is 0 Å². The number of carbonyl (C=O) groups is 2. The normalized spacial score (nSPS) is 26.6. The van der Waals surface area contributed by atoms with Crippen LogP contribution in [0.4, 0.5) is 0 Å². The van der Waals surface area contributed by atoms with Crippen molar-refractivity contribution in [2.75, 3.05) is 20.2 Å². The van der Waals surface area contributed by atoms with Gasteiger partial charge in [0.2, 0.25) is 15.9 Å². The van der Waals surface area contributed by atoms with Crippen LogP contribution in [0.15, 0.2) is 29.4 Å². The first kappa shape index (κ1) is 21.7. The van der Waals surface area contributed by atoms with Crippen LogP contribution in [0.1, 0.15) is 45.4 Å². The van der Waals surface area contributed by atoms with Crippen LogP contribution >= 0.6 is 0 Å². The second-order valence-corrected chi connectivity index (χ2v) is 10.1. The zero-order chi connectivity index (χ0) is 21.1. The highest BCUT2D eigenvalue weighted by molar-refractivity contribution is 7.89. The summed E-state index contributed by atoms with van der Waals surface area (Å²) in [5.74, 6) is -0.389. The molecule has 0 unspecified atom stereocenters. The van der Waals surface area contributed by atoms with Gasteiger partial charge in [-0.2, -0.15) is 4.31 Å². The highest BCUT2D eigenvalue weighted by Crippen LogP contribution is 2.34. The van der Waals surface area contributed by atoms with Crippen LogP contribution in [0.25, 0.3) is 0 Å². The van der Waals surface area contributed by atoms with Crippen LogP contribution < -0.4 is 5.32 Å². The predicted octanol–water partition coefficient (Wildman–Crippen LogP) is 1.72. The summed E-state index contributed by atoms with van der Waals surface area (Å²) in [4.78, 5) is 29.4. The van der Waals surface area contributed by atoms with Crippen LogP contribution in [0.5, 0.6) is 0 Å². The van der Waals surface area contributed by atoms with Gasteiger partial charge < -0.3 is 10.1 Å². The Morgan fingerprint density at radius 2 is 1.86 bits per heavy atom. The lowest BCUT2D eigenvalue weighted by Gasteiger charge is -2.39. The Morgan fingerprint density at radius 1 is 1.21 bits per heavy atom. The van der Waals surface area contributed by atoms with E-state index in [4.69, 9.17) is 4.74 Å². The van der Waals surface area contributed by atoms with Crippen LogP contribution in [0.3, 0.4) is 0 Å². The monoisotopic (exact) mass is 423 g/mol. The van der Waals surface area contributed by atoms with Crippen LogP contribution in [0, 0.1) is 11.8 Å². The quantitative estimate of drug-likeness (QED) is 0.723. The highest BCUT2D eigenvalue weighted by atomic mass is 32.2. The molecule has 1 amide bonds. The number of methoxy groups -OCH3 is 1. The molecule has 1 aromatic rings. The minimum absolute atomic E-state index is 0.156. The molecule has 0 bridgehead atoms. The van der Waals surface area contributed by atoms with Crippen molar-refractivity contribution in [3.8, 4) is 0 Å². The van der Waals surface area contributed by atoms with Gasteiger partial charge in [0.1, 0.15) is 10.4 Å². The molecule has 1 aliphatic carbocycles. The number of carbonyl (C=O) groups excluding carboxylic acids is 2. The van der Waals surface area contributed by atoms with Gasteiger partial charge in [-0.3, -0.25) is 9.78 Å². The molecule has 9 heteroatoms. The van der Waals surface area contributed by atoms with Gasteiger partial charge in [-0.05, 0) is 56.6 Å². The number of aromatic nitrogens is 1. The second kappa shape index (κ2) is 8.79. The fraction of sp³-hybridized carbons (Fsp3) is 0.650. The Hall–Kier alpha value is -2.00. The smallest absolute Gasteiger partial charge is 0.331 e. The van der Waals surface area contributed by atoms with E-state index in [9.17, 15) is 18.0 Å². The van der Waals surface area contributed by atoms with Crippen molar-refractivity contribution >= 4 is 21.9 Å². The number of amides is 1. The molecule has 3 rings (SSSR count). The minimum Gasteiger partial charge on any atom is -0.467 e. The highest BCUT2D eigenvalue weighted by Gasteiger charge is 2.45. The van der Waals surface area contributed by atoms with Crippen LogP contribution in [-0.4, -0.2) is 55.3 Å². The number of sulfonamides is 1. The number of ether oxygens (including phenoxy) is 1. The topological polar surface area (TPSA) is 106 Å². The maximum atomic E-state index is 12.9. The SMILES string of the molecule is COC(=O)C1(NC(=O)C2CCN(S(=O)(=O)c3cccnc3)CC2)CCC(C)CC1. The summed E-state index contributed by atoms with van der Waals surface area (Å²) < 4.78 is 31.8. The molecule has 0 spiro atoms. The minimum atomic E-state index is -3.61. The number of rotatable bonds is 5. The average Bonchev–Trinajstić information content (AvgIpc) is 2.75. The molecular weight excluding hydrogens is 394 g/mol. The van der Waals surface area contributed by atoms with Gasteiger partial charge in [0.05, 0.1) is 7.11 Å². The number of nitrogens with one attached hydrogen (secondary N) is 1. The predicted molar refractivity (Wildman–Crippen MR) is 106 cm³/mol. The fourth-order valence-corrected chi connectivity index (χ4v) is 5.61. The van der Waals surface area contributed by atoms with E-state index in [1.165, 1.54) is 29.9 Å². The lowest BCUT2D eigenvalue weighted by molar-refractivity contribution is -0.153. The van der Waals surface area contributed by atoms with E-state index < -0.39 is 21.5 Å². The summed E-state index contributed by atoms with van der Waals surface area (Å²) in [5.41, 5.74) is -0.961. The molecule has 0 atom stereocenters. The zero-order valence-electron chi connectivity index (χ0n) is 17.0. The van der Waals surface area contributed by atoms with E-state index in [1.807, 2.05) is 0 Å². The number of pyridine rings is 1. The van der Waals surface area contributed by atoms with E-state index in [0.717, 1.165) is 12.8 Å². The van der Waals surface area contributed by atoms with Crippen LogP contribution in [-0.2, 0) is 24.3 Å². The van der Waals surface area contributed by atoms with Gasteiger partial charge >= 0.3 is 5.97 Å². The van der Waals surface area contributed by atoms with E-state index >= 15 is 0 Å². The molecule has 2 heterocycles. The molecule has 29 heavy (non-hydrogen) atoms. The first-order valence-corrected chi connectivity index (χ1v) is 11.5. The summed E-state index contributed by atoms with van der Waals surface area (Å²) in [6.45, 7) is 2.66. The van der Waals surface area contributed by atoms with Crippen molar-refractivity contribution in [2.45, 2.75) is 55.9 Å². The standard InChI is InChI=1S/C20H29N3O5S/c1-15-5-9-20(10-6-15,19(25)28-2)22-18(24)16-7-12-23(13-8-16)29(26,27)17-4-3-11-21-14-17/h3-4,11,14-16H,5-10,12-13H2,1-2H3,(H,22,24). The maximum absolute atomic E-state index is 12.9. The molecule has 160 valence electrons. The molecule has 1 saturated heterocycles. The third kappa shape index (κ3) is 4.61. The summed E-state index contributed by atoms with van der Waals surface area (Å²) in [6, 6.07) is 3.11. The van der Waals surface area contributed by atoms with Crippen molar-refractivity contribution < 1.29 is 22.7 Å². The summed E-state index contributed by atoms with van der Waals surface area (Å²) >= 11 is 0. The molecule has 1 aliphatic heterocycles. The van der Waals surface area contributed by atoms with Crippen molar-refractivity contribution in [2.24, 2.45) is 11.8 Å². The Kier molecular flexibility index (Phi) is 6.58. The van der Waals surface area contributed by atoms with Gasteiger partial charge in [0.15, 0.2) is 0 Å². The number of esters is 1. The lowest BCUT2D eigenvalue weighted by Crippen LogP contribution is -2.58. The largest absolute Gasteiger partial charge is 0.467 e. The van der Waals surface area contributed by atoms with Gasteiger partial charge in [-0.15, -0.1) is 0 Å². The molecule has 2 fully saturated rings. The molecule has 2 aliphatic rings. The Labute approximate surface area is 172 Å². The number of nitrogens with zero attached hydrogens (tertiary/aromatic N) is 2. The average molecular weight is 424 g/mol. The maximum Gasteiger partial charge on any atom is 0.331 e. The van der Waals surface area contributed by atoms with E-state index in [0.29, 0.717) is 31.6 Å². The van der Waals surface area contributed by atoms with Gasteiger partial charge in [-0.25, -0.2) is 13.2 Å². The Balaban J connectivity index is 1.63. The fourth-order valence-electron chi connectivity index (χ4n) is 4.18. The Morgan fingerprint density at radius 3 is 2.41 bits per heavy atom. The van der Waals surface area contributed by atoms with Gasteiger partial charge in [0, 0.05) is 31.4 Å². The summed E-state index contributed by atoms with van der Waals surface area (Å²) in [6.07, 6.45) is 6.55. The molecule has 1 saturated carbocycles. The molecule has 1 aromatic heterocycles. The van der Waals surface area contributed by atoms with E-state index in [1.54, 1.807) is 6.07 Å². The lowest BCUT2D eigenvalue weighted by atomic mass is 9.76. The second-order valence-electron chi connectivity index (χ2n) is 8.11. The van der Waals surface area contributed by atoms with Crippen molar-refractivity contribution in [1.29, 1.82) is 0 Å². The number of hydrogen-bond donors (Lipinski definition) is 1.